The van der Waals surface area contributed by atoms with E-state index in [1.807, 2.05) is 0 Å². The standard InChI is InChI=1S/C11H12N2O2S/c1-15-9-4-2-8(3-5-9)10(11(12)14)6-13-7-16/h2-7H,1H3,(H2,12,14)(H,13,16)/b10-6-. The second-order valence-electron chi connectivity index (χ2n) is 2.94. The van der Waals surface area contributed by atoms with Crippen LogP contribution in [0.5, 0.6) is 5.75 Å². The van der Waals surface area contributed by atoms with E-state index >= 15 is 0 Å². The average molecular weight is 236 g/mol. The fourth-order valence-electron chi connectivity index (χ4n) is 1.18. The number of primary amides is 1. The Morgan fingerprint density at radius 2 is 2.06 bits per heavy atom. The van der Waals surface area contributed by atoms with Gasteiger partial charge in [-0.1, -0.05) is 24.4 Å². The molecule has 0 fully saturated rings. The Labute approximate surface area is 99.1 Å². The Hall–Kier alpha value is -1.88. The third-order valence-electron chi connectivity index (χ3n) is 1.96. The van der Waals surface area contributed by atoms with Crippen LogP contribution in [0, 0.1) is 0 Å². The van der Waals surface area contributed by atoms with E-state index in [1.54, 1.807) is 31.4 Å². The van der Waals surface area contributed by atoms with Gasteiger partial charge in [0.15, 0.2) is 0 Å². The van der Waals surface area contributed by atoms with Gasteiger partial charge in [-0.3, -0.25) is 4.79 Å². The van der Waals surface area contributed by atoms with E-state index in [0.29, 0.717) is 11.1 Å². The van der Waals surface area contributed by atoms with E-state index in [2.05, 4.69) is 17.5 Å². The lowest BCUT2D eigenvalue weighted by Crippen LogP contribution is -2.15. The lowest BCUT2D eigenvalue weighted by molar-refractivity contribution is -0.112. The third kappa shape index (κ3) is 3.06. The van der Waals surface area contributed by atoms with Crippen molar-refractivity contribution in [2.24, 2.45) is 5.73 Å². The summed E-state index contributed by atoms with van der Waals surface area (Å²) in [5, 5.41) is 2.65. The molecule has 0 aliphatic rings. The molecule has 4 nitrogen and oxygen atoms in total. The van der Waals surface area contributed by atoms with E-state index in [-0.39, 0.29) is 0 Å². The van der Waals surface area contributed by atoms with Crippen molar-refractivity contribution in [3.63, 3.8) is 0 Å². The van der Waals surface area contributed by atoms with E-state index < -0.39 is 5.91 Å². The van der Waals surface area contributed by atoms with Crippen molar-refractivity contribution < 1.29 is 9.53 Å². The molecule has 0 saturated heterocycles. The van der Waals surface area contributed by atoms with Gasteiger partial charge < -0.3 is 15.8 Å². The highest BCUT2D eigenvalue weighted by atomic mass is 32.1. The summed E-state index contributed by atoms with van der Waals surface area (Å²) in [7, 11) is 1.58. The highest BCUT2D eigenvalue weighted by molar-refractivity contribution is 7.78. The topological polar surface area (TPSA) is 64.3 Å². The predicted molar refractivity (Wildman–Crippen MR) is 67.0 cm³/mol. The number of amides is 1. The highest BCUT2D eigenvalue weighted by Crippen LogP contribution is 2.17. The summed E-state index contributed by atoms with van der Waals surface area (Å²) >= 11 is 4.59. The van der Waals surface area contributed by atoms with Crippen LogP contribution in [0.1, 0.15) is 5.56 Å². The van der Waals surface area contributed by atoms with Crippen LogP contribution in [0.4, 0.5) is 0 Å². The molecule has 0 bridgehead atoms. The minimum absolute atomic E-state index is 0.365. The Kier molecular flexibility index (Phi) is 4.47. The van der Waals surface area contributed by atoms with Gasteiger partial charge in [0.25, 0.3) is 5.91 Å². The van der Waals surface area contributed by atoms with Gasteiger partial charge in [-0.15, -0.1) is 0 Å². The number of carbonyl (C=O) groups is 1. The Bertz CT molecular complexity index is 412. The summed E-state index contributed by atoms with van der Waals surface area (Å²) in [6, 6.07) is 7.01. The molecule has 0 saturated carbocycles. The number of rotatable bonds is 5. The first-order valence-corrected chi connectivity index (χ1v) is 5.00. The molecule has 0 aromatic heterocycles. The fraction of sp³-hybridized carbons (Fsp3) is 0.0909. The van der Waals surface area contributed by atoms with Crippen LogP contribution in [-0.4, -0.2) is 18.5 Å². The van der Waals surface area contributed by atoms with Gasteiger partial charge in [0.2, 0.25) is 0 Å². The van der Waals surface area contributed by atoms with Crippen LogP contribution < -0.4 is 15.8 Å². The lowest BCUT2D eigenvalue weighted by atomic mass is 10.1. The maximum Gasteiger partial charge on any atom is 0.250 e. The summed E-state index contributed by atoms with van der Waals surface area (Å²) in [4.78, 5) is 11.2. The van der Waals surface area contributed by atoms with Crippen molar-refractivity contribution in [3.8, 4) is 5.75 Å². The number of thiocarbonyl (C=S) groups is 1. The lowest BCUT2D eigenvalue weighted by Gasteiger charge is -2.05. The number of nitrogens with two attached hydrogens (primary N) is 1. The molecule has 3 N–H and O–H groups in total. The SMILES string of the molecule is COc1ccc(/C(=C/NC=S)C(N)=O)cc1. The van der Waals surface area contributed by atoms with E-state index in [9.17, 15) is 4.79 Å². The summed E-state index contributed by atoms with van der Waals surface area (Å²) in [5.41, 5.74) is 7.62. The number of hydrogen-bond donors (Lipinski definition) is 2. The second kappa shape index (κ2) is 5.87. The van der Waals surface area contributed by atoms with E-state index in [4.69, 9.17) is 10.5 Å². The van der Waals surface area contributed by atoms with Crippen molar-refractivity contribution >= 4 is 29.2 Å². The smallest absolute Gasteiger partial charge is 0.250 e. The maximum absolute atomic E-state index is 11.2. The quantitative estimate of drug-likeness (QED) is 0.593. The van der Waals surface area contributed by atoms with Crippen LogP contribution in [0.25, 0.3) is 5.57 Å². The number of carbonyl (C=O) groups excluding carboxylic acids is 1. The van der Waals surface area contributed by atoms with E-state index in [0.717, 1.165) is 5.75 Å². The van der Waals surface area contributed by atoms with Gasteiger partial charge in [0.1, 0.15) is 5.75 Å². The molecule has 1 aromatic carbocycles. The van der Waals surface area contributed by atoms with Gasteiger partial charge in [-0.05, 0) is 17.7 Å². The largest absolute Gasteiger partial charge is 0.497 e. The number of methoxy groups -OCH3 is 1. The van der Waals surface area contributed by atoms with Crippen LogP contribution >= 0.6 is 12.2 Å². The summed E-state index contributed by atoms with van der Waals surface area (Å²) in [5.74, 6) is 0.199. The molecular weight excluding hydrogens is 224 g/mol. The second-order valence-corrected chi connectivity index (χ2v) is 3.17. The van der Waals surface area contributed by atoms with Crippen LogP contribution in [-0.2, 0) is 4.79 Å². The Morgan fingerprint density at radius 3 is 2.50 bits per heavy atom. The first-order chi connectivity index (χ1) is 7.69. The van der Waals surface area contributed by atoms with Gasteiger partial charge in [0.05, 0.1) is 18.2 Å². The minimum Gasteiger partial charge on any atom is -0.497 e. The van der Waals surface area contributed by atoms with Crippen LogP contribution in [0.2, 0.25) is 0 Å². The molecular formula is C11H12N2O2S. The zero-order valence-corrected chi connectivity index (χ0v) is 9.58. The molecule has 0 radical (unpaired) electrons. The maximum atomic E-state index is 11.2. The molecule has 0 aliphatic carbocycles. The number of nitrogens with one attached hydrogen (secondary N) is 1. The fourth-order valence-corrected chi connectivity index (χ4v) is 1.25. The minimum atomic E-state index is -0.519. The van der Waals surface area contributed by atoms with Crippen molar-refractivity contribution in [2.45, 2.75) is 0 Å². The average Bonchev–Trinajstić information content (AvgIpc) is 2.30. The third-order valence-corrected chi connectivity index (χ3v) is 2.10. The van der Waals surface area contributed by atoms with Crippen LogP contribution in [0.15, 0.2) is 30.5 Å². The molecule has 1 rings (SSSR count). The number of ether oxygens (including phenoxy) is 1. The molecule has 0 heterocycles. The molecule has 0 atom stereocenters. The normalized spacial score (nSPS) is 10.7. The van der Waals surface area contributed by atoms with Crippen LogP contribution in [0.3, 0.4) is 0 Å². The van der Waals surface area contributed by atoms with Crippen molar-refractivity contribution in [3.05, 3.63) is 36.0 Å². The van der Waals surface area contributed by atoms with Crippen molar-refractivity contribution in [1.82, 2.24) is 5.32 Å². The van der Waals surface area contributed by atoms with Crippen molar-refractivity contribution in [1.29, 1.82) is 0 Å². The molecule has 0 aliphatic heterocycles. The summed E-state index contributed by atoms with van der Waals surface area (Å²) in [6.45, 7) is 0. The summed E-state index contributed by atoms with van der Waals surface area (Å²) in [6.07, 6.45) is 1.47. The Morgan fingerprint density at radius 1 is 1.44 bits per heavy atom. The molecule has 16 heavy (non-hydrogen) atoms. The molecule has 0 unspecified atom stereocenters. The molecule has 0 spiro atoms. The van der Waals surface area contributed by atoms with Crippen molar-refractivity contribution in [2.75, 3.05) is 7.11 Å². The molecule has 5 heteroatoms. The monoisotopic (exact) mass is 236 g/mol. The van der Waals surface area contributed by atoms with Gasteiger partial charge in [0, 0.05) is 6.20 Å². The van der Waals surface area contributed by atoms with Gasteiger partial charge >= 0.3 is 0 Å². The number of hydrogen-bond acceptors (Lipinski definition) is 3. The highest BCUT2D eigenvalue weighted by Gasteiger charge is 2.07. The molecule has 1 aromatic rings. The first kappa shape index (κ1) is 12.2. The molecule has 1 amide bonds. The van der Waals surface area contributed by atoms with Gasteiger partial charge in [-0.25, -0.2) is 0 Å². The number of benzene rings is 1. The molecule has 84 valence electrons. The van der Waals surface area contributed by atoms with E-state index in [1.165, 1.54) is 11.7 Å². The zero-order valence-electron chi connectivity index (χ0n) is 8.77. The Balaban J connectivity index is 3.01. The first-order valence-electron chi connectivity index (χ1n) is 4.53. The zero-order chi connectivity index (χ0) is 12.0. The summed E-state index contributed by atoms with van der Waals surface area (Å²) < 4.78 is 5.02. The van der Waals surface area contributed by atoms with Gasteiger partial charge in [-0.2, -0.15) is 0 Å². The predicted octanol–water partition coefficient (Wildman–Crippen LogP) is 1.07.